The fourth-order valence-corrected chi connectivity index (χ4v) is 5.38. The van der Waals surface area contributed by atoms with Gasteiger partial charge in [-0.05, 0) is 44.7 Å². The lowest BCUT2D eigenvalue weighted by molar-refractivity contribution is 0.311. The van der Waals surface area contributed by atoms with Gasteiger partial charge < -0.3 is 14.5 Å². The van der Waals surface area contributed by atoms with Crippen molar-refractivity contribution in [3.63, 3.8) is 0 Å². The second kappa shape index (κ2) is 7.88. The Balaban J connectivity index is 1.89. The van der Waals surface area contributed by atoms with Crippen LogP contribution in [0.4, 0.5) is 5.82 Å². The quantitative estimate of drug-likeness (QED) is 0.615. The van der Waals surface area contributed by atoms with Crippen LogP contribution in [-0.4, -0.2) is 68.3 Å². The summed E-state index contributed by atoms with van der Waals surface area (Å²) in [5.41, 5.74) is 1.68. The first-order chi connectivity index (χ1) is 14.3. The molecule has 0 atom stereocenters. The van der Waals surface area contributed by atoms with Gasteiger partial charge in [-0.1, -0.05) is 6.92 Å². The minimum Gasteiger partial charge on any atom is -0.497 e. The van der Waals surface area contributed by atoms with Gasteiger partial charge in [-0.15, -0.1) is 0 Å². The molecule has 1 fully saturated rings. The van der Waals surface area contributed by atoms with Crippen LogP contribution in [0.1, 0.15) is 18.3 Å². The predicted molar refractivity (Wildman–Crippen MR) is 115 cm³/mol. The van der Waals surface area contributed by atoms with Crippen molar-refractivity contribution in [2.24, 2.45) is 0 Å². The lowest BCUT2D eigenvalue weighted by atomic mass is 10.3. The molecule has 4 rings (SSSR count). The first kappa shape index (κ1) is 20.6. The van der Waals surface area contributed by atoms with E-state index in [1.54, 1.807) is 35.9 Å². The summed E-state index contributed by atoms with van der Waals surface area (Å²) in [5.74, 6) is 1.49. The van der Waals surface area contributed by atoms with E-state index >= 15 is 0 Å². The third-order valence-corrected chi connectivity index (χ3v) is 7.37. The highest BCUT2D eigenvalue weighted by molar-refractivity contribution is 7.91. The van der Waals surface area contributed by atoms with Crippen LogP contribution in [0.3, 0.4) is 0 Å². The molecule has 9 heteroatoms. The highest BCUT2D eigenvalue weighted by Gasteiger charge is 2.30. The number of anilines is 1. The van der Waals surface area contributed by atoms with Crippen LogP contribution in [-0.2, 0) is 16.3 Å². The Kier molecular flexibility index (Phi) is 5.42. The van der Waals surface area contributed by atoms with E-state index in [2.05, 4.69) is 26.9 Å². The summed E-state index contributed by atoms with van der Waals surface area (Å²) in [5, 5.41) is 4.69. The molecule has 0 unspecified atom stereocenters. The third kappa shape index (κ3) is 3.52. The molecule has 160 valence electrons. The van der Waals surface area contributed by atoms with E-state index in [1.165, 1.54) is 0 Å². The molecule has 0 N–H and O–H groups in total. The maximum atomic E-state index is 13.6. The van der Waals surface area contributed by atoms with Gasteiger partial charge in [-0.3, -0.25) is 0 Å². The zero-order valence-electron chi connectivity index (χ0n) is 17.8. The van der Waals surface area contributed by atoms with Gasteiger partial charge in [0.1, 0.15) is 16.5 Å². The molecule has 2 aromatic heterocycles. The van der Waals surface area contributed by atoms with Crippen molar-refractivity contribution >= 4 is 21.3 Å². The van der Waals surface area contributed by atoms with Gasteiger partial charge in [0.2, 0.25) is 9.84 Å². The summed E-state index contributed by atoms with van der Waals surface area (Å²) in [7, 11) is -0.134. The molecule has 0 saturated carbocycles. The number of hydrogen-bond acceptors (Lipinski definition) is 7. The van der Waals surface area contributed by atoms with Crippen molar-refractivity contribution in [3.8, 4) is 5.75 Å². The van der Waals surface area contributed by atoms with Crippen molar-refractivity contribution in [1.29, 1.82) is 0 Å². The van der Waals surface area contributed by atoms with Gasteiger partial charge in [-0.25, -0.2) is 13.4 Å². The van der Waals surface area contributed by atoms with Gasteiger partial charge >= 0.3 is 0 Å². The summed E-state index contributed by atoms with van der Waals surface area (Å²) in [6.45, 7) is 7.41. The SMILES string of the molecule is CCc1nn2c(N3CCN(C)CC3)cc(C)nc2c1S(=O)(=O)c1ccc(OC)cc1. The standard InChI is InChI=1S/C21H27N5O3S/c1-5-18-20(30(27,28)17-8-6-16(29-4)7-9-17)21-22-15(2)14-19(26(21)23-18)25-12-10-24(3)11-13-25/h6-9,14H,5,10-13H2,1-4H3. The lowest BCUT2D eigenvalue weighted by Crippen LogP contribution is -2.45. The van der Waals surface area contributed by atoms with Crippen LogP contribution in [0, 0.1) is 6.92 Å². The molecule has 1 aliphatic heterocycles. The molecule has 1 aliphatic rings. The molecule has 0 bridgehead atoms. The Labute approximate surface area is 177 Å². The topological polar surface area (TPSA) is 80.0 Å². The van der Waals surface area contributed by atoms with Crippen LogP contribution in [0.5, 0.6) is 5.75 Å². The van der Waals surface area contributed by atoms with Crippen molar-refractivity contribution in [2.75, 3.05) is 45.2 Å². The molecule has 0 aliphatic carbocycles. The normalized spacial score (nSPS) is 15.7. The Morgan fingerprint density at radius 2 is 1.77 bits per heavy atom. The van der Waals surface area contributed by atoms with Crippen molar-refractivity contribution in [3.05, 3.63) is 41.7 Å². The third-order valence-electron chi connectivity index (χ3n) is 5.52. The average molecular weight is 430 g/mol. The minimum absolute atomic E-state index is 0.189. The Morgan fingerprint density at radius 1 is 1.10 bits per heavy atom. The molecule has 0 amide bonds. The molecule has 1 aromatic carbocycles. The average Bonchev–Trinajstić information content (AvgIpc) is 3.13. The van der Waals surface area contributed by atoms with E-state index in [-0.39, 0.29) is 9.79 Å². The van der Waals surface area contributed by atoms with E-state index in [4.69, 9.17) is 4.74 Å². The summed E-state index contributed by atoms with van der Waals surface area (Å²) in [6, 6.07) is 8.41. The number of hydrogen-bond donors (Lipinski definition) is 0. The van der Waals surface area contributed by atoms with E-state index in [0.717, 1.165) is 37.7 Å². The summed E-state index contributed by atoms with van der Waals surface area (Å²) < 4.78 is 34.0. The maximum absolute atomic E-state index is 13.6. The van der Waals surface area contributed by atoms with Crippen molar-refractivity contribution < 1.29 is 13.2 Å². The monoisotopic (exact) mass is 429 g/mol. The predicted octanol–water partition coefficient (Wildman–Crippen LogP) is 2.19. The van der Waals surface area contributed by atoms with Crippen LogP contribution in [0.25, 0.3) is 5.65 Å². The molecule has 0 spiro atoms. The number of sulfone groups is 1. The second-order valence-electron chi connectivity index (χ2n) is 7.59. The number of piperazine rings is 1. The van der Waals surface area contributed by atoms with E-state index in [1.807, 2.05) is 19.9 Å². The smallest absolute Gasteiger partial charge is 0.212 e. The highest BCUT2D eigenvalue weighted by Crippen LogP contribution is 2.31. The molecule has 3 heterocycles. The lowest BCUT2D eigenvalue weighted by Gasteiger charge is -2.34. The van der Waals surface area contributed by atoms with E-state index in [9.17, 15) is 8.42 Å². The number of benzene rings is 1. The highest BCUT2D eigenvalue weighted by atomic mass is 32.2. The Hall–Kier alpha value is -2.65. The van der Waals surface area contributed by atoms with Gasteiger partial charge in [0.15, 0.2) is 5.65 Å². The first-order valence-electron chi connectivity index (χ1n) is 10.1. The van der Waals surface area contributed by atoms with Crippen LogP contribution in [0.15, 0.2) is 40.1 Å². The van der Waals surface area contributed by atoms with E-state index in [0.29, 0.717) is 23.5 Å². The molecular weight excluding hydrogens is 402 g/mol. The number of likely N-dealkylation sites (N-methyl/N-ethyl adjacent to an activating group) is 1. The Morgan fingerprint density at radius 3 is 2.37 bits per heavy atom. The largest absolute Gasteiger partial charge is 0.497 e. The Bertz CT molecular complexity index is 1160. The number of aromatic nitrogens is 3. The number of rotatable bonds is 5. The fourth-order valence-electron chi connectivity index (χ4n) is 3.78. The van der Waals surface area contributed by atoms with Gasteiger partial charge in [0, 0.05) is 37.9 Å². The van der Waals surface area contributed by atoms with E-state index < -0.39 is 9.84 Å². The molecule has 30 heavy (non-hydrogen) atoms. The molecule has 0 radical (unpaired) electrons. The van der Waals surface area contributed by atoms with Crippen molar-refractivity contribution in [1.82, 2.24) is 19.5 Å². The summed E-state index contributed by atoms with van der Waals surface area (Å²) >= 11 is 0. The fraction of sp³-hybridized carbons (Fsp3) is 0.429. The number of nitrogens with zero attached hydrogens (tertiary/aromatic N) is 5. The first-order valence-corrected chi connectivity index (χ1v) is 11.6. The maximum Gasteiger partial charge on any atom is 0.212 e. The van der Waals surface area contributed by atoms with Gasteiger partial charge in [-0.2, -0.15) is 9.61 Å². The summed E-state index contributed by atoms with van der Waals surface area (Å²) in [4.78, 5) is 9.52. The van der Waals surface area contributed by atoms with Gasteiger partial charge in [0.25, 0.3) is 0 Å². The summed E-state index contributed by atoms with van der Waals surface area (Å²) in [6.07, 6.45) is 0.495. The second-order valence-corrected chi connectivity index (χ2v) is 9.48. The van der Waals surface area contributed by atoms with Gasteiger partial charge in [0.05, 0.1) is 17.7 Å². The zero-order chi connectivity index (χ0) is 21.5. The molecule has 3 aromatic rings. The molecule has 1 saturated heterocycles. The van der Waals surface area contributed by atoms with Crippen LogP contribution < -0.4 is 9.64 Å². The molecule has 8 nitrogen and oxygen atoms in total. The number of ether oxygens (including phenoxy) is 1. The number of aryl methyl sites for hydroxylation is 2. The minimum atomic E-state index is -3.79. The zero-order valence-corrected chi connectivity index (χ0v) is 18.6. The van der Waals surface area contributed by atoms with Crippen LogP contribution in [0.2, 0.25) is 0 Å². The number of fused-ring (bicyclic) bond motifs is 1. The van der Waals surface area contributed by atoms with Crippen LogP contribution >= 0.6 is 0 Å². The van der Waals surface area contributed by atoms with Crippen molar-refractivity contribution in [2.45, 2.75) is 30.1 Å². The number of methoxy groups -OCH3 is 1. The molecular formula is C21H27N5O3S.